The van der Waals surface area contributed by atoms with Gasteiger partial charge in [0, 0.05) is 18.3 Å². The average molecular weight is 423 g/mol. The number of hydrogen-bond donors (Lipinski definition) is 0. The third-order valence-corrected chi connectivity index (χ3v) is 6.35. The molecule has 0 amide bonds. The lowest BCUT2D eigenvalue weighted by atomic mass is 9.96. The number of benzene rings is 1. The zero-order valence-corrected chi connectivity index (χ0v) is 18.3. The molecular weight excluding hydrogens is 400 g/mol. The van der Waals surface area contributed by atoms with Crippen molar-refractivity contribution in [2.45, 2.75) is 26.8 Å². The van der Waals surface area contributed by atoms with Crippen molar-refractivity contribution >= 4 is 23.4 Å². The van der Waals surface area contributed by atoms with E-state index in [1.165, 1.54) is 18.4 Å². The lowest BCUT2D eigenvalue weighted by Gasteiger charge is -2.23. The minimum absolute atomic E-state index is 0.193. The van der Waals surface area contributed by atoms with Crippen molar-refractivity contribution in [3.05, 3.63) is 83.8 Å². The second kappa shape index (κ2) is 7.53. The van der Waals surface area contributed by atoms with Gasteiger partial charge in [-0.15, -0.1) is 0 Å². The normalized spacial score (nSPS) is 16.4. The second-order valence-corrected chi connectivity index (χ2v) is 8.30. The van der Waals surface area contributed by atoms with Crippen LogP contribution < -0.4 is 14.9 Å². The molecular formula is C22H22N4O3S. The Morgan fingerprint density at radius 3 is 2.50 bits per heavy atom. The summed E-state index contributed by atoms with van der Waals surface area (Å²) in [5.41, 5.74) is 4.42. The molecule has 154 valence electrons. The molecule has 0 saturated carbocycles. The third-order valence-electron chi connectivity index (χ3n) is 5.37. The summed E-state index contributed by atoms with van der Waals surface area (Å²) in [6.45, 7) is 5.70. The van der Waals surface area contributed by atoms with Gasteiger partial charge in [0.1, 0.15) is 6.04 Å². The SMILES string of the molecule is COC(=O)C1=C(C)N=c2sc(=Cc3ccc(C)cc3)c(=O)n2C1c1cnn(C)c1C. The first-order chi connectivity index (χ1) is 14.3. The van der Waals surface area contributed by atoms with Crippen LogP contribution in [-0.4, -0.2) is 27.4 Å². The van der Waals surface area contributed by atoms with Gasteiger partial charge in [-0.2, -0.15) is 5.10 Å². The smallest absolute Gasteiger partial charge is 0.338 e. The first-order valence-electron chi connectivity index (χ1n) is 9.48. The molecule has 0 aliphatic carbocycles. The largest absolute Gasteiger partial charge is 0.466 e. The average Bonchev–Trinajstić information content (AvgIpc) is 3.21. The minimum Gasteiger partial charge on any atom is -0.466 e. The van der Waals surface area contributed by atoms with E-state index in [0.717, 1.165) is 22.4 Å². The van der Waals surface area contributed by atoms with E-state index < -0.39 is 12.0 Å². The van der Waals surface area contributed by atoms with Gasteiger partial charge >= 0.3 is 5.97 Å². The first-order valence-corrected chi connectivity index (χ1v) is 10.3. The molecule has 0 bridgehead atoms. The van der Waals surface area contributed by atoms with Gasteiger partial charge in [0.25, 0.3) is 5.56 Å². The van der Waals surface area contributed by atoms with Crippen LogP contribution in [0.25, 0.3) is 6.08 Å². The number of fused-ring (bicyclic) bond motifs is 1. The summed E-state index contributed by atoms with van der Waals surface area (Å²) in [4.78, 5) is 31.2. The highest BCUT2D eigenvalue weighted by Gasteiger charge is 2.34. The molecule has 0 radical (unpaired) electrons. The van der Waals surface area contributed by atoms with Crippen molar-refractivity contribution in [3.8, 4) is 0 Å². The van der Waals surface area contributed by atoms with Crippen LogP contribution in [0.2, 0.25) is 0 Å². The molecule has 3 aromatic rings. The summed E-state index contributed by atoms with van der Waals surface area (Å²) >= 11 is 1.31. The number of rotatable bonds is 3. The number of esters is 1. The molecule has 1 atom stereocenters. The Labute approximate surface area is 177 Å². The summed E-state index contributed by atoms with van der Waals surface area (Å²) in [5.74, 6) is -0.502. The van der Waals surface area contributed by atoms with E-state index in [1.807, 2.05) is 51.2 Å². The standard InChI is InChI=1S/C22H22N4O3S/c1-12-6-8-15(9-7-12)10-17-20(27)26-19(16-11-23-25(4)14(16)3)18(21(28)29-5)13(2)24-22(26)30-17/h6-11,19H,1-5H3. The van der Waals surface area contributed by atoms with Crippen molar-refractivity contribution in [2.24, 2.45) is 12.0 Å². The number of aromatic nitrogens is 3. The van der Waals surface area contributed by atoms with Crippen LogP contribution >= 0.6 is 11.3 Å². The zero-order chi connectivity index (χ0) is 21.6. The molecule has 30 heavy (non-hydrogen) atoms. The van der Waals surface area contributed by atoms with Crippen LogP contribution in [0.3, 0.4) is 0 Å². The van der Waals surface area contributed by atoms with Crippen molar-refractivity contribution in [1.29, 1.82) is 0 Å². The molecule has 1 aromatic carbocycles. The quantitative estimate of drug-likeness (QED) is 0.603. The predicted octanol–water partition coefficient (Wildman–Crippen LogP) is 1.76. The molecule has 0 fully saturated rings. The van der Waals surface area contributed by atoms with Crippen molar-refractivity contribution in [3.63, 3.8) is 0 Å². The molecule has 1 aliphatic heterocycles. The minimum atomic E-state index is -0.637. The number of carbonyl (C=O) groups is 1. The van der Waals surface area contributed by atoms with Crippen LogP contribution in [0.15, 0.2) is 51.5 Å². The number of allylic oxidation sites excluding steroid dienone is 1. The summed E-state index contributed by atoms with van der Waals surface area (Å²) in [6, 6.07) is 7.32. The van der Waals surface area contributed by atoms with Crippen LogP contribution in [0.1, 0.15) is 35.3 Å². The van der Waals surface area contributed by atoms with Gasteiger partial charge in [0.2, 0.25) is 0 Å². The van der Waals surface area contributed by atoms with Gasteiger partial charge in [0.05, 0.1) is 29.1 Å². The third kappa shape index (κ3) is 3.23. The molecule has 2 aromatic heterocycles. The van der Waals surface area contributed by atoms with Crippen LogP contribution in [0, 0.1) is 13.8 Å². The van der Waals surface area contributed by atoms with E-state index >= 15 is 0 Å². The van der Waals surface area contributed by atoms with Gasteiger partial charge in [-0.05, 0) is 32.4 Å². The fraction of sp³-hybridized carbons (Fsp3) is 0.273. The second-order valence-electron chi connectivity index (χ2n) is 7.29. The number of hydrogen-bond acceptors (Lipinski definition) is 6. The molecule has 3 heterocycles. The van der Waals surface area contributed by atoms with Gasteiger partial charge in [0.15, 0.2) is 4.80 Å². The highest BCUT2D eigenvalue weighted by atomic mass is 32.1. The Morgan fingerprint density at radius 1 is 1.20 bits per heavy atom. The highest BCUT2D eigenvalue weighted by Crippen LogP contribution is 2.32. The number of thiazole rings is 1. The predicted molar refractivity (Wildman–Crippen MR) is 115 cm³/mol. The molecule has 1 unspecified atom stereocenters. The Kier molecular flexibility index (Phi) is 5.03. The van der Waals surface area contributed by atoms with Crippen LogP contribution in [-0.2, 0) is 16.6 Å². The van der Waals surface area contributed by atoms with E-state index in [1.54, 1.807) is 22.4 Å². The Morgan fingerprint density at radius 2 is 1.90 bits per heavy atom. The number of carbonyl (C=O) groups excluding carboxylic acids is 1. The molecule has 8 heteroatoms. The van der Waals surface area contributed by atoms with Gasteiger partial charge in [-0.25, -0.2) is 9.79 Å². The monoisotopic (exact) mass is 422 g/mol. The van der Waals surface area contributed by atoms with E-state index in [2.05, 4.69) is 10.1 Å². The summed E-state index contributed by atoms with van der Waals surface area (Å²) in [7, 11) is 3.16. The van der Waals surface area contributed by atoms with Crippen LogP contribution in [0.4, 0.5) is 0 Å². The first kappa shape index (κ1) is 20.0. The topological polar surface area (TPSA) is 78.5 Å². The Bertz CT molecular complexity index is 1360. The van der Waals surface area contributed by atoms with Crippen LogP contribution in [0.5, 0.6) is 0 Å². The highest BCUT2D eigenvalue weighted by molar-refractivity contribution is 7.07. The van der Waals surface area contributed by atoms with Crippen molar-refractivity contribution in [1.82, 2.24) is 14.3 Å². The summed E-state index contributed by atoms with van der Waals surface area (Å²) in [6.07, 6.45) is 3.55. The number of nitrogens with zero attached hydrogens (tertiary/aromatic N) is 4. The molecule has 7 nitrogen and oxygen atoms in total. The maximum Gasteiger partial charge on any atom is 0.338 e. The number of aryl methyl sites for hydroxylation is 2. The zero-order valence-electron chi connectivity index (χ0n) is 17.5. The fourth-order valence-corrected chi connectivity index (χ4v) is 4.63. The van der Waals surface area contributed by atoms with Crippen molar-refractivity contribution < 1.29 is 9.53 Å². The Balaban J connectivity index is 1.99. The van der Waals surface area contributed by atoms with E-state index in [9.17, 15) is 9.59 Å². The summed E-state index contributed by atoms with van der Waals surface area (Å²) in [5, 5.41) is 4.31. The molecule has 0 spiro atoms. The molecule has 0 N–H and O–H groups in total. The number of ether oxygens (including phenoxy) is 1. The van der Waals surface area contributed by atoms with Crippen molar-refractivity contribution in [2.75, 3.05) is 7.11 Å². The van der Waals surface area contributed by atoms with Gasteiger partial charge in [-0.3, -0.25) is 14.0 Å². The number of methoxy groups -OCH3 is 1. The summed E-state index contributed by atoms with van der Waals surface area (Å²) < 4.78 is 8.88. The van der Waals surface area contributed by atoms with Gasteiger partial charge in [-0.1, -0.05) is 41.2 Å². The maximum absolute atomic E-state index is 13.4. The lowest BCUT2D eigenvalue weighted by Crippen LogP contribution is -2.40. The fourth-order valence-electron chi connectivity index (χ4n) is 3.59. The molecule has 0 saturated heterocycles. The van der Waals surface area contributed by atoms with E-state index in [-0.39, 0.29) is 5.56 Å². The lowest BCUT2D eigenvalue weighted by molar-refractivity contribution is -0.136. The van der Waals surface area contributed by atoms with E-state index in [0.29, 0.717) is 20.6 Å². The maximum atomic E-state index is 13.4. The van der Waals surface area contributed by atoms with E-state index in [4.69, 9.17) is 4.74 Å². The molecule has 4 rings (SSSR count). The molecule has 1 aliphatic rings. The van der Waals surface area contributed by atoms with Gasteiger partial charge < -0.3 is 4.74 Å². The Hall–Kier alpha value is -3.26.